The predicted molar refractivity (Wildman–Crippen MR) is 163 cm³/mol. The summed E-state index contributed by atoms with van der Waals surface area (Å²) in [6.07, 6.45) is 5.44. The van der Waals surface area contributed by atoms with Gasteiger partial charge in [-0.05, 0) is 25.7 Å². The topological polar surface area (TPSA) is 120 Å². The van der Waals surface area contributed by atoms with E-state index in [0.717, 1.165) is 38.9 Å². The Morgan fingerprint density at radius 3 is 0.955 bits per heavy atom. The lowest BCUT2D eigenvalue weighted by molar-refractivity contribution is -0.169. The Hall–Kier alpha value is -0.520. The fourth-order valence-corrected chi connectivity index (χ4v) is 3.63. The minimum Gasteiger partial charge on any atom is -0.379 e. The molecule has 1 aliphatic heterocycles. The average Bonchev–Trinajstić information content (AvgIpc) is 3.05. The zero-order valence-electron chi connectivity index (χ0n) is 27.4. The van der Waals surface area contributed by atoms with E-state index in [9.17, 15) is 0 Å². The Kier molecular flexibility index (Phi) is 34.8. The number of hydrogen-bond donors (Lipinski definition) is 0. The first-order valence-electron chi connectivity index (χ1n) is 16.5. The second kappa shape index (κ2) is 36.9. The van der Waals surface area contributed by atoms with Crippen LogP contribution in [0.2, 0.25) is 0 Å². The molecule has 0 aromatic rings. The summed E-state index contributed by atoms with van der Waals surface area (Å²) in [5.41, 5.74) is 0. The largest absolute Gasteiger partial charge is 0.379 e. The molecule has 1 saturated heterocycles. The summed E-state index contributed by atoms with van der Waals surface area (Å²) in [5, 5.41) is 0. The highest BCUT2D eigenvalue weighted by atomic mass is 16.7. The molecule has 264 valence electrons. The van der Waals surface area contributed by atoms with Gasteiger partial charge in [0.15, 0.2) is 6.29 Å². The summed E-state index contributed by atoms with van der Waals surface area (Å²) in [7, 11) is 0. The minimum absolute atomic E-state index is 0.0637. The van der Waals surface area contributed by atoms with Gasteiger partial charge in [-0.1, -0.05) is 13.3 Å². The number of ether oxygens (including phenoxy) is 13. The van der Waals surface area contributed by atoms with Crippen LogP contribution < -0.4 is 0 Å². The molecule has 0 spiro atoms. The summed E-state index contributed by atoms with van der Waals surface area (Å²) < 4.78 is 71.3. The third-order valence-electron chi connectivity index (χ3n) is 6.03. The van der Waals surface area contributed by atoms with Crippen molar-refractivity contribution in [1.29, 1.82) is 0 Å². The van der Waals surface area contributed by atoms with Gasteiger partial charge in [-0.2, -0.15) is 0 Å². The molecule has 0 saturated carbocycles. The Morgan fingerprint density at radius 1 is 0.386 bits per heavy atom. The van der Waals surface area contributed by atoms with Gasteiger partial charge in [0.2, 0.25) is 0 Å². The summed E-state index contributed by atoms with van der Waals surface area (Å²) >= 11 is 0. The van der Waals surface area contributed by atoms with Crippen molar-refractivity contribution in [3.63, 3.8) is 0 Å². The van der Waals surface area contributed by atoms with Crippen LogP contribution in [0.4, 0.5) is 0 Å². The molecule has 44 heavy (non-hydrogen) atoms. The molecular weight excluding hydrogens is 580 g/mol. The molecule has 13 nitrogen and oxygen atoms in total. The van der Waals surface area contributed by atoms with E-state index in [1.807, 2.05) is 0 Å². The van der Waals surface area contributed by atoms with E-state index in [0.29, 0.717) is 145 Å². The Morgan fingerprint density at radius 2 is 0.682 bits per heavy atom. The van der Waals surface area contributed by atoms with Crippen molar-refractivity contribution in [2.75, 3.05) is 159 Å². The molecule has 1 aliphatic rings. The van der Waals surface area contributed by atoms with Crippen molar-refractivity contribution in [1.82, 2.24) is 0 Å². The van der Waals surface area contributed by atoms with E-state index in [-0.39, 0.29) is 6.29 Å². The molecule has 1 heterocycles. The maximum Gasteiger partial charge on any atom is 0.157 e. The van der Waals surface area contributed by atoms with Crippen LogP contribution in [0.15, 0.2) is 0 Å². The molecule has 0 aliphatic carbocycles. The summed E-state index contributed by atoms with van der Waals surface area (Å²) in [6, 6.07) is 0. The number of rotatable bonds is 37. The van der Waals surface area contributed by atoms with E-state index in [2.05, 4.69) is 6.92 Å². The molecular formula is C31H62O13. The van der Waals surface area contributed by atoms with Crippen LogP contribution in [0, 0.1) is 0 Å². The van der Waals surface area contributed by atoms with Gasteiger partial charge in [0.05, 0.1) is 145 Å². The van der Waals surface area contributed by atoms with Crippen LogP contribution in [-0.2, 0) is 61.6 Å². The van der Waals surface area contributed by atoms with Crippen LogP contribution in [0.1, 0.15) is 39.0 Å². The molecule has 1 unspecified atom stereocenters. The quantitative estimate of drug-likeness (QED) is 0.0924. The van der Waals surface area contributed by atoms with E-state index in [4.69, 9.17) is 61.6 Å². The lowest BCUT2D eigenvalue weighted by Gasteiger charge is -2.22. The molecule has 0 aromatic carbocycles. The first-order valence-corrected chi connectivity index (χ1v) is 16.5. The normalized spacial score (nSPS) is 15.3. The summed E-state index contributed by atoms with van der Waals surface area (Å²) in [4.78, 5) is 0. The van der Waals surface area contributed by atoms with Crippen LogP contribution in [0.5, 0.6) is 0 Å². The van der Waals surface area contributed by atoms with Crippen LogP contribution in [0.25, 0.3) is 0 Å². The van der Waals surface area contributed by atoms with Gasteiger partial charge in [0.1, 0.15) is 0 Å². The van der Waals surface area contributed by atoms with Crippen molar-refractivity contribution in [2.24, 2.45) is 0 Å². The average molecular weight is 643 g/mol. The Balaban J connectivity index is 1.60. The summed E-state index contributed by atoms with van der Waals surface area (Å²) in [5.74, 6) is 0. The second-order valence-electron chi connectivity index (χ2n) is 9.76. The van der Waals surface area contributed by atoms with E-state index < -0.39 is 0 Å². The molecule has 0 bridgehead atoms. The highest BCUT2D eigenvalue weighted by molar-refractivity contribution is 4.53. The standard InChI is InChI=1S/C31H62O13/c1-2-3-7-32-9-10-33-11-12-34-13-14-35-15-16-36-17-18-37-19-20-38-21-22-39-23-24-40-25-26-41-27-28-42-29-30-44-31-6-4-5-8-43-31/h31H,2-30H2,1H3. The van der Waals surface area contributed by atoms with Gasteiger partial charge in [0, 0.05) is 13.2 Å². The smallest absolute Gasteiger partial charge is 0.157 e. The zero-order chi connectivity index (χ0) is 31.3. The van der Waals surface area contributed by atoms with Gasteiger partial charge in [-0.15, -0.1) is 0 Å². The lowest BCUT2D eigenvalue weighted by Crippen LogP contribution is -2.24. The van der Waals surface area contributed by atoms with Crippen LogP contribution in [-0.4, -0.2) is 165 Å². The van der Waals surface area contributed by atoms with Crippen LogP contribution in [0.3, 0.4) is 0 Å². The van der Waals surface area contributed by atoms with Gasteiger partial charge < -0.3 is 61.6 Å². The maximum absolute atomic E-state index is 5.61. The fraction of sp³-hybridized carbons (Fsp3) is 1.00. The third kappa shape index (κ3) is 32.9. The van der Waals surface area contributed by atoms with Crippen LogP contribution >= 0.6 is 0 Å². The van der Waals surface area contributed by atoms with Crippen molar-refractivity contribution >= 4 is 0 Å². The first kappa shape index (κ1) is 41.5. The fourth-order valence-electron chi connectivity index (χ4n) is 3.63. The molecule has 0 radical (unpaired) electrons. The molecule has 0 N–H and O–H groups in total. The number of unbranched alkanes of at least 4 members (excludes halogenated alkanes) is 1. The third-order valence-corrected chi connectivity index (χ3v) is 6.03. The SMILES string of the molecule is CCCCOCCOCCOCCOCCOCCOCCOCCOCCOCCOCCOCCOC1CCCCO1. The zero-order valence-corrected chi connectivity index (χ0v) is 27.4. The van der Waals surface area contributed by atoms with Gasteiger partial charge >= 0.3 is 0 Å². The van der Waals surface area contributed by atoms with Gasteiger partial charge in [-0.25, -0.2) is 0 Å². The molecule has 1 rings (SSSR count). The maximum atomic E-state index is 5.61. The summed E-state index contributed by atoms with van der Waals surface area (Å²) in [6.45, 7) is 15.6. The van der Waals surface area contributed by atoms with E-state index >= 15 is 0 Å². The second-order valence-corrected chi connectivity index (χ2v) is 9.76. The highest BCUT2D eigenvalue weighted by Crippen LogP contribution is 2.13. The van der Waals surface area contributed by atoms with Crippen molar-refractivity contribution in [3.8, 4) is 0 Å². The number of hydrogen-bond acceptors (Lipinski definition) is 13. The monoisotopic (exact) mass is 642 g/mol. The molecule has 13 heteroatoms. The molecule has 0 aromatic heterocycles. The first-order chi connectivity index (χ1) is 21.9. The predicted octanol–water partition coefficient (Wildman–Crippen LogP) is 2.51. The Bertz CT molecular complexity index is 527. The lowest BCUT2D eigenvalue weighted by atomic mass is 10.2. The van der Waals surface area contributed by atoms with Crippen molar-refractivity contribution in [2.45, 2.75) is 45.3 Å². The van der Waals surface area contributed by atoms with Crippen molar-refractivity contribution < 1.29 is 61.6 Å². The van der Waals surface area contributed by atoms with Gasteiger partial charge in [0.25, 0.3) is 0 Å². The highest BCUT2D eigenvalue weighted by Gasteiger charge is 2.13. The molecule has 0 amide bonds. The van der Waals surface area contributed by atoms with Crippen molar-refractivity contribution in [3.05, 3.63) is 0 Å². The molecule has 1 atom stereocenters. The van der Waals surface area contributed by atoms with E-state index in [1.54, 1.807) is 0 Å². The molecule has 1 fully saturated rings. The minimum atomic E-state index is -0.0637. The van der Waals surface area contributed by atoms with E-state index in [1.165, 1.54) is 6.42 Å². The van der Waals surface area contributed by atoms with Gasteiger partial charge in [-0.3, -0.25) is 0 Å². The Labute approximate surface area is 265 Å².